The van der Waals surface area contributed by atoms with E-state index in [0.29, 0.717) is 36.4 Å². The summed E-state index contributed by atoms with van der Waals surface area (Å²) in [5, 5.41) is 0.621. The molecule has 1 amide bonds. The van der Waals surface area contributed by atoms with Gasteiger partial charge < -0.3 is 9.64 Å². The SMILES string of the molecule is C[C@@H](c1ccc(Cl)cc1)N1CC[C@@](CCCNS(C)(=O)=O)(c2ccc(F)cc2)OC1=O. The van der Waals surface area contributed by atoms with E-state index in [1.54, 1.807) is 29.2 Å². The lowest BCUT2D eigenvalue weighted by Gasteiger charge is -2.43. The summed E-state index contributed by atoms with van der Waals surface area (Å²) in [6, 6.07) is 13.0. The van der Waals surface area contributed by atoms with E-state index in [9.17, 15) is 17.6 Å². The molecule has 1 aliphatic heterocycles. The smallest absolute Gasteiger partial charge is 0.411 e. The van der Waals surface area contributed by atoms with Gasteiger partial charge in [-0.3, -0.25) is 0 Å². The monoisotopic (exact) mass is 468 g/mol. The molecule has 1 fully saturated rings. The van der Waals surface area contributed by atoms with Crippen LogP contribution in [-0.2, 0) is 20.4 Å². The van der Waals surface area contributed by atoms with Crippen molar-refractivity contribution in [3.8, 4) is 0 Å². The second-order valence-electron chi connectivity index (χ2n) is 7.81. The third kappa shape index (κ3) is 5.96. The highest BCUT2D eigenvalue weighted by atomic mass is 35.5. The first-order valence-corrected chi connectivity index (χ1v) is 12.3. The van der Waals surface area contributed by atoms with E-state index in [4.69, 9.17) is 16.3 Å². The molecule has 6 nitrogen and oxygen atoms in total. The minimum absolute atomic E-state index is 0.206. The van der Waals surface area contributed by atoms with Crippen LogP contribution in [0.1, 0.15) is 43.4 Å². The first-order valence-electron chi connectivity index (χ1n) is 10.1. The molecule has 0 aliphatic carbocycles. The Balaban J connectivity index is 1.78. The fourth-order valence-corrected chi connectivity index (χ4v) is 4.49. The van der Waals surface area contributed by atoms with Crippen LogP contribution in [0.5, 0.6) is 0 Å². The molecule has 1 heterocycles. The summed E-state index contributed by atoms with van der Waals surface area (Å²) in [6.45, 7) is 2.59. The molecule has 0 radical (unpaired) electrons. The molecule has 0 saturated carbocycles. The van der Waals surface area contributed by atoms with Gasteiger partial charge in [-0.15, -0.1) is 0 Å². The number of amides is 1. The number of sulfonamides is 1. The quantitative estimate of drug-likeness (QED) is 0.574. The molecular formula is C22H26ClFN2O4S. The van der Waals surface area contributed by atoms with Crippen LogP contribution in [0, 0.1) is 5.82 Å². The lowest BCUT2D eigenvalue weighted by molar-refractivity contribution is -0.0662. The fraction of sp³-hybridized carbons (Fsp3) is 0.409. The van der Waals surface area contributed by atoms with Gasteiger partial charge >= 0.3 is 6.09 Å². The summed E-state index contributed by atoms with van der Waals surface area (Å²) < 4.78 is 44.6. The largest absolute Gasteiger partial charge is 0.438 e. The van der Waals surface area contributed by atoms with Gasteiger partial charge in [0.15, 0.2) is 0 Å². The van der Waals surface area contributed by atoms with Crippen molar-refractivity contribution in [1.82, 2.24) is 9.62 Å². The molecule has 2 atom stereocenters. The second-order valence-corrected chi connectivity index (χ2v) is 10.1. The number of halogens is 2. The van der Waals surface area contributed by atoms with Gasteiger partial charge in [0.05, 0.1) is 12.3 Å². The Labute approximate surface area is 187 Å². The highest BCUT2D eigenvalue weighted by Crippen LogP contribution is 2.40. The molecule has 2 aromatic carbocycles. The van der Waals surface area contributed by atoms with Gasteiger partial charge in [-0.2, -0.15) is 0 Å². The predicted octanol–water partition coefficient (Wildman–Crippen LogP) is 4.61. The molecule has 0 aromatic heterocycles. The van der Waals surface area contributed by atoms with Crippen molar-refractivity contribution in [1.29, 1.82) is 0 Å². The zero-order chi connectivity index (χ0) is 22.6. The Kier molecular flexibility index (Phi) is 7.24. The van der Waals surface area contributed by atoms with Crippen molar-refractivity contribution >= 4 is 27.7 Å². The number of cyclic esters (lactones) is 1. The Bertz CT molecular complexity index is 1010. The molecule has 0 bridgehead atoms. The maximum absolute atomic E-state index is 13.5. The Morgan fingerprint density at radius 1 is 1.19 bits per heavy atom. The Hall–Kier alpha value is -2.16. The van der Waals surface area contributed by atoms with Gasteiger partial charge in [-0.25, -0.2) is 22.3 Å². The predicted molar refractivity (Wildman–Crippen MR) is 118 cm³/mol. The number of hydrogen-bond donors (Lipinski definition) is 1. The van der Waals surface area contributed by atoms with E-state index in [1.165, 1.54) is 12.1 Å². The lowest BCUT2D eigenvalue weighted by Crippen LogP contribution is -2.49. The molecule has 1 saturated heterocycles. The molecule has 0 unspecified atom stereocenters. The van der Waals surface area contributed by atoms with E-state index in [1.807, 2.05) is 19.1 Å². The topological polar surface area (TPSA) is 75.7 Å². The third-order valence-corrected chi connectivity index (χ3v) is 6.57. The molecule has 2 aromatic rings. The van der Waals surface area contributed by atoms with Crippen molar-refractivity contribution < 1.29 is 22.3 Å². The third-order valence-electron chi connectivity index (χ3n) is 5.59. The van der Waals surface area contributed by atoms with E-state index in [0.717, 1.165) is 11.8 Å². The number of rotatable bonds is 8. The number of nitrogens with one attached hydrogen (secondary N) is 1. The molecule has 1 N–H and O–H groups in total. The standard InChI is InChI=1S/C22H26ClFN2O4S/c1-16(17-4-8-19(23)9-5-17)26-15-13-22(30-21(26)27,12-3-14-25-31(2,28)29)18-6-10-20(24)11-7-18/h4-11,16,25H,3,12-15H2,1-2H3/t16-,22-/m0/s1. The normalized spacial score (nSPS) is 20.4. The molecular weight excluding hydrogens is 443 g/mol. The maximum atomic E-state index is 13.5. The van der Waals surface area contributed by atoms with Crippen LogP contribution in [-0.4, -0.2) is 38.8 Å². The summed E-state index contributed by atoms with van der Waals surface area (Å²) in [6.07, 6.45) is 2.01. The van der Waals surface area contributed by atoms with Crippen molar-refractivity contribution in [3.05, 3.63) is 70.5 Å². The van der Waals surface area contributed by atoms with Crippen molar-refractivity contribution in [2.24, 2.45) is 0 Å². The van der Waals surface area contributed by atoms with Gasteiger partial charge in [0.25, 0.3) is 0 Å². The molecule has 3 rings (SSSR count). The van der Waals surface area contributed by atoms with Crippen LogP contribution < -0.4 is 4.72 Å². The van der Waals surface area contributed by atoms with Crippen LogP contribution in [0.25, 0.3) is 0 Å². The minimum atomic E-state index is -3.31. The zero-order valence-corrected chi connectivity index (χ0v) is 19.0. The summed E-state index contributed by atoms with van der Waals surface area (Å²) in [5.41, 5.74) is 0.689. The molecule has 168 valence electrons. The van der Waals surface area contributed by atoms with Gasteiger partial charge in [0, 0.05) is 24.5 Å². The van der Waals surface area contributed by atoms with Gasteiger partial charge in [0.2, 0.25) is 10.0 Å². The first kappa shape index (κ1) is 23.5. The van der Waals surface area contributed by atoms with Crippen molar-refractivity contribution in [2.45, 2.75) is 37.8 Å². The number of carbonyl (C=O) groups excluding carboxylic acids is 1. The van der Waals surface area contributed by atoms with E-state index >= 15 is 0 Å². The summed E-state index contributed by atoms with van der Waals surface area (Å²) >= 11 is 5.96. The Morgan fingerprint density at radius 3 is 2.42 bits per heavy atom. The average Bonchev–Trinajstić information content (AvgIpc) is 2.71. The average molecular weight is 469 g/mol. The number of hydrogen-bond acceptors (Lipinski definition) is 4. The van der Waals surface area contributed by atoms with E-state index in [2.05, 4.69) is 4.72 Å². The van der Waals surface area contributed by atoms with Gasteiger partial charge in [-0.05, 0) is 55.2 Å². The van der Waals surface area contributed by atoms with Crippen LogP contribution in [0.4, 0.5) is 9.18 Å². The maximum Gasteiger partial charge on any atom is 0.411 e. The molecule has 0 spiro atoms. The fourth-order valence-electron chi connectivity index (χ4n) is 3.85. The van der Waals surface area contributed by atoms with Crippen LogP contribution in [0.15, 0.2) is 48.5 Å². The molecule has 9 heteroatoms. The molecule has 31 heavy (non-hydrogen) atoms. The number of carbonyl (C=O) groups is 1. The highest BCUT2D eigenvalue weighted by molar-refractivity contribution is 7.88. The van der Waals surface area contributed by atoms with Crippen LogP contribution >= 0.6 is 11.6 Å². The van der Waals surface area contributed by atoms with Crippen LogP contribution in [0.2, 0.25) is 5.02 Å². The van der Waals surface area contributed by atoms with Crippen molar-refractivity contribution in [2.75, 3.05) is 19.3 Å². The first-order chi connectivity index (χ1) is 14.6. The number of ether oxygens (including phenoxy) is 1. The summed E-state index contributed by atoms with van der Waals surface area (Å²) in [7, 11) is -3.31. The van der Waals surface area contributed by atoms with Crippen LogP contribution in [0.3, 0.4) is 0 Å². The van der Waals surface area contributed by atoms with Gasteiger partial charge in [0.1, 0.15) is 11.4 Å². The summed E-state index contributed by atoms with van der Waals surface area (Å²) in [5.74, 6) is -0.377. The van der Waals surface area contributed by atoms with Gasteiger partial charge in [-0.1, -0.05) is 35.9 Å². The zero-order valence-electron chi connectivity index (χ0n) is 17.5. The van der Waals surface area contributed by atoms with Crippen molar-refractivity contribution in [3.63, 3.8) is 0 Å². The Morgan fingerprint density at radius 2 is 1.84 bits per heavy atom. The summed E-state index contributed by atoms with van der Waals surface area (Å²) in [4.78, 5) is 14.7. The highest BCUT2D eigenvalue weighted by Gasteiger charge is 2.43. The van der Waals surface area contributed by atoms with E-state index < -0.39 is 21.7 Å². The second kappa shape index (κ2) is 9.54. The minimum Gasteiger partial charge on any atom is -0.438 e. The van der Waals surface area contributed by atoms with E-state index in [-0.39, 0.29) is 18.4 Å². The number of benzene rings is 2. The number of nitrogens with zero attached hydrogens (tertiary/aromatic N) is 1. The molecule has 1 aliphatic rings. The lowest BCUT2D eigenvalue weighted by atomic mass is 9.84.